The molecule has 0 bridgehead atoms. The van der Waals surface area contributed by atoms with Gasteiger partial charge >= 0.3 is 6.03 Å². The predicted octanol–water partition coefficient (Wildman–Crippen LogP) is 3.82. The number of amides is 2. The minimum atomic E-state index is -0.0370. The summed E-state index contributed by atoms with van der Waals surface area (Å²) in [5, 5.41) is 4.95. The molecule has 0 aliphatic carbocycles. The molecule has 0 radical (unpaired) electrons. The molecule has 5 nitrogen and oxygen atoms in total. The molecule has 134 valence electrons. The van der Waals surface area contributed by atoms with Crippen molar-refractivity contribution < 1.29 is 9.53 Å². The van der Waals surface area contributed by atoms with E-state index < -0.39 is 0 Å². The molecule has 3 rings (SSSR count). The van der Waals surface area contributed by atoms with E-state index in [0.717, 1.165) is 69.9 Å². The van der Waals surface area contributed by atoms with Crippen molar-refractivity contribution in [3.8, 4) is 0 Å². The first kappa shape index (κ1) is 18.0. The highest BCUT2D eigenvalue weighted by molar-refractivity contribution is 7.15. The predicted molar refractivity (Wildman–Crippen MR) is 99.3 cm³/mol. The van der Waals surface area contributed by atoms with Gasteiger partial charge in [0.05, 0.1) is 18.9 Å². The second-order valence-corrected chi connectivity index (χ2v) is 8.14. The number of urea groups is 1. The lowest BCUT2D eigenvalue weighted by molar-refractivity contribution is -0.0449. The lowest BCUT2D eigenvalue weighted by atomic mass is 9.83. The molecule has 1 aromatic rings. The molecule has 1 N–H and O–H groups in total. The van der Waals surface area contributed by atoms with Crippen molar-refractivity contribution >= 4 is 34.7 Å². The van der Waals surface area contributed by atoms with Crippen LogP contribution in [0, 0.1) is 6.92 Å². The molecule has 2 fully saturated rings. The summed E-state index contributed by atoms with van der Waals surface area (Å²) in [6.45, 7) is 9.46. The Morgan fingerprint density at radius 3 is 2.54 bits per heavy atom. The van der Waals surface area contributed by atoms with Gasteiger partial charge in [0.25, 0.3) is 0 Å². The van der Waals surface area contributed by atoms with E-state index in [9.17, 15) is 4.79 Å². The lowest BCUT2D eigenvalue weighted by Gasteiger charge is -2.49. The van der Waals surface area contributed by atoms with E-state index >= 15 is 0 Å². The number of nitrogens with zero attached hydrogens (tertiary/aromatic N) is 2. The number of carbonyl (C=O) groups excluding carboxylic acids is 1. The van der Waals surface area contributed by atoms with Crippen LogP contribution in [0.5, 0.6) is 0 Å². The van der Waals surface area contributed by atoms with Crippen LogP contribution in [0.4, 0.5) is 10.5 Å². The zero-order chi connectivity index (χ0) is 17.2. The number of hydrogen-bond acceptors (Lipinski definition) is 4. The summed E-state index contributed by atoms with van der Waals surface area (Å²) in [5.74, 6) is 0. The Morgan fingerprint density at radius 2 is 2.00 bits per heavy atom. The molecule has 0 atom stereocenters. The van der Waals surface area contributed by atoms with Crippen molar-refractivity contribution in [1.29, 1.82) is 0 Å². The lowest BCUT2D eigenvalue weighted by Crippen LogP contribution is -2.59. The van der Waals surface area contributed by atoms with Gasteiger partial charge in [0.15, 0.2) is 0 Å². The molecule has 1 aromatic heterocycles. The summed E-state index contributed by atoms with van der Waals surface area (Å²) in [6.07, 6.45) is 3.17. The van der Waals surface area contributed by atoms with Gasteiger partial charge in [-0.15, -0.1) is 11.3 Å². The quantitative estimate of drug-likeness (QED) is 0.878. The van der Waals surface area contributed by atoms with Gasteiger partial charge in [-0.25, -0.2) is 4.79 Å². The highest BCUT2D eigenvalue weighted by atomic mass is 35.5. The van der Waals surface area contributed by atoms with Gasteiger partial charge in [0.2, 0.25) is 0 Å². The fraction of sp³-hybridized carbons (Fsp3) is 0.706. The summed E-state index contributed by atoms with van der Waals surface area (Å²) in [4.78, 5) is 17.1. The highest BCUT2D eigenvalue weighted by Crippen LogP contribution is 2.35. The molecule has 0 spiro atoms. The van der Waals surface area contributed by atoms with Crippen LogP contribution in [0.25, 0.3) is 0 Å². The van der Waals surface area contributed by atoms with E-state index in [0.29, 0.717) is 4.34 Å². The number of nitrogens with one attached hydrogen (secondary N) is 1. The van der Waals surface area contributed by atoms with Crippen LogP contribution >= 0.6 is 22.9 Å². The monoisotopic (exact) mass is 371 g/mol. The maximum atomic E-state index is 12.6. The largest absolute Gasteiger partial charge is 0.379 e. The van der Waals surface area contributed by atoms with Gasteiger partial charge in [0.1, 0.15) is 4.34 Å². The SMILES string of the molecule is CCC1(N2CCOCC2)CCN(C(=O)Nc2c(C)csc2Cl)CC1. The van der Waals surface area contributed by atoms with Crippen LogP contribution in [-0.4, -0.2) is 60.8 Å². The number of ether oxygens (including phenoxy) is 1. The summed E-state index contributed by atoms with van der Waals surface area (Å²) in [5.41, 5.74) is 2.00. The fourth-order valence-corrected chi connectivity index (χ4v) is 4.86. The second-order valence-electron chi connectivity index (χ2n) is 6.66. The van der Waals surface area contributed by atoms with Gasteiger partial charge in [-0.1, -0.05) is 18.5 Å². The van der Waals surface area contributed by atoms with Crippen molar-refractivity contribution in [3.05, 3.63) is 15.3 Å². The van der Waals surface area contributed by atoms with E-state index in [4.69, 9.17) is 16.3 Å². The maximum absolute atomic E-state index is 12.6. The standard InChI is InChI=1S/C17H26ClN3O2S/c1-3-17(21-8-10-23-11-9-21)4-6-20(7-5-17)16(22)19-14-13(2)12-24-15(14)18/h12H,3-11H2,1-2H3,(H,19,22). The van der Waals surface area contributed by atoms with Gasteiger partial charge in [-0.3, -0.25) is 4.90 Å². The van der Waals surface area contributed by atoms with Gasteiger partial charge in [-0.2, -0.15) is 0 Å². The Labute approximate surface area is 152 Å². The molecule has 0 saturated carbocycles. The topological polar surface area (TPSA) is 44.8 Å². The smallest absolute Gasteiger partial charge is 0.321 e. The number of halogens is 1. The van der Waals surface area contributed by atoms with E-state index in [1.807, 2.05) is 17.2 Å². The number of anilines is 1. The maximum Gasteiger partial charge on any atom is 0.321 e. The molecule has 0 aromatic carbocycles. The second kappa shape index (κ2) is 7.60. The fourth-order valence-electron chi connectivity index (χ4n) is 3.80. The van der Waals surface area contributed by atoms with E-state index in [1.54, 1.807) is 0 Å². The van der Waals surface area contributed by atoms with Crippen molar-refractivity contribution in [1.82, 2.24) is 9.80 Å². The molecule has 3 heterocycles. The Bertz CT molecular complexity index is 559. The van der Waals surface area contributed by atoms with Crippen molar-refractivity contribution in [2.24, 2.45) is 0 Å². The Balaban J connectivity index is 1.60. The number of thiophene rings is 1. The number of likely N-dealkylation sites (tertiary alicyclic amines) is 1. The number of carbonyl (C=O) groups is 1. The van der Waals surface area contributed by atoms with E-state index in [-0.39, 0.29) is 11.6 Å². The molecule has 2 saturated heterocycles. The number of aryl methyl sites for hydroxylation is 1. The first-order valence-corrected chi connectivity index (χ1v) is 9.94. The zero-order valence-corrected chi connectivity index (χ0v) is 16.0. The average Bonchev–Trinajstić information content (AvgIpc) is 2.94. The van der Waals surface area contributed by atoms with Crippen molar-refractivity contribution in [3.63, 3.8) is 0 Å². The third-order valence-electron chi connectivity index (χ3n) is 5.48. The van der Waals surface area contributed by atoms with Crippen LogP contribution in [0.1, 0.15) is 31.7 Å². The molecule has 2 aliphatic rings. The first-order chi connectivity index (χ1) is 11.6. The van der Waals surface area contributed by atoms with Crippen LogP contribution in [0.15, 0.2) is 5.38 Å². The minimum Gasteiger partial charge on any atom is -0.379 e. The summed E-state index contributed by atoms with van der Waals surface area (Å²) in [6, 6.07) is -0.0370. The molecular weight excluding hydrogens is 346 g/mol. The molecule has 2 aliphatic heterocycles. The minimum absolute atomic E-state index is 0.0370. The molecule has 24 heavy (non-hydrogen) atoms. The number of morpholine rings is 1. The Hall–Kier alpha value is -0.820. The van der Waals surface area contributed by atoms with Gasteiger partial charge < -0.3 is 15.0 Å². The van der Waals surface area contributed by atoms with Crippen LogP contribution in [0.2, 0.25) is 4.34 Å². The Morgan fingerprint density at radius 1 is 1.33 bits per heavy atom. The van der Waals surface area contributed by atoms with Gasteiger partial charge in [0, 0.05) is 31.7 Å². The number of rotatable bonds is 3. The van der Waals surface area contributed by atoms with E-state index in [1.165, 1.54) is 11.3 Å². The van der Waals surface area contributed by atoms with E-state index in [2.05, 4.69) is 17.1 Å². The van der Waals surface area contributed by atoms with Crippen molar-refractivity contribution in [2.75, 3.05) is 44.7 Å². The molecule has 2 amide bonds. The first-order valence-electron chi connectivity index (χ1n) is 8.68. The van der Waals surface area contributed by atoms with Crippen LogP contribution in [0.3, 0.4) is 0 Å². The summed E-state index contributed by atoms with van der Waals surface area (Å²) < 4.78 is 6.14. The number of piperidine rings is 1. The summed E-state index contributed by atoms with van der Waals surface area (Å²) >= 11 is 7.62. The van der Waals surface area contributed by atoms with Crippen LogP contribution < -0.4 is 5.32 Å². The average molecular weight is 372 g/mol. The third-order valence-corrected chi connectivity index (χ3v) is 6.82. The third kappa shape index (κ3) is 3.57. The highest BCUT2D eigenvalue weighted by Gasteiger charge is 2.39. The number of hydrogen-bond donors (Lipinski definition) is 1. The van der Waals surface area contributed by atoms with Crippen molar-refractivity contribution in [2.45, 2.75) is 38.6 Å². The molecule has 0 unspecified atom stereocenters. The van der Waals surface area contributed by atoms with Crippen LogP contribution in [-0.2, 0) is 4.74 Å². The molecule has 7 heteroatoms. The summed E-state index contributed by atoms with van der Waals surface area (Å²) in [7, 11) is 0. The zero-order valence-electron chi connectivity index (χ0n) is 14.4. The molecular formula is C17H26ClN3O2S. The normalized spacial score (nSPS) is 21.7. The van der Waals surface area contributed by atoms with Gasteiger partial charge in [-0.05, 0) is 37.1 Å². The Kier molecular flexibility index (Phi) is 5.70.